The summed E-state index contributed by atoms with van der Waals surface area (Å²) in [6, 6.07) is 1.98. The molecule has 26 heavy (non-hydrogen) atoms. The zero-order chi connectivity index (χ0) is 18.6. The summed E-state index contributed by atoms with van der Waals surface area (Å²) in [5, 5.41) is 8.14. The fraction of sp³-hybridized carbons (Fsp3) is 0.556. The van der Waals surface area contributed by atoms with Crippen molar-refractivity contribution in [3.8, 4) is 0 Å². The molecule has 2 rings (SSSR count). The molecular weight excluding hydrogens is 465 g/mol. The van der Waals surface area contributed by atoms with Crippen LogP contribution in [0, 0.1) is 13.8 Å². The van der Waals surface area contributed by atoms with E-state index < -0.39 is 0 Å². The highest BCUT2D eigenvalue weighted by molar-refractivity contribution is 14.0. The Labute approximate surface area is 178 Å². The second-order valence-electron chi connectivity index (χ2n) is 6.45. The van der Waals surface area contributed by atoms with Gasteiger partial charge in [0.05, 0.1) is 17.3 Å². The van der Waals surface area contributed by atoms with E-state index in [2.05, 4.69) is 29.2 Å². The molecule has 1 unspecified atom stereocenters. The first-order valence-corrected chi connectivity index (χ1v) is 8.94. The molecule has 8 heteroatoms. The Morgan fingerprint density at radius 3 is 2.65 bits per heavy atom. The fourth-order valence-corrected chi connectivity index (χ4v) is 3.29. The third-order valence-electron chi connectivity index (χ3n) is 4.27. The molecule has 0 saturated carbocycles. The number of hydrogen-bond donors (Lipinski definition) is 1. The highest BCUT2D eigenvalue weighted by Crippen LogP contribution is 2.23. The van der Waals surface area contributed by atoms with Crippen molar-refractivity contribution in [3.05, 3.63) is 40.0 Å². The summed E-state index contributed by atoms with van der Waals surface area (Å²) in [6.07, 6.45) is 1.91. The van der Waals surface area contributed by atoms with Gasteiger partial charge in [-0.25, -0.2) is 0 Å². The van der Waals surface area contributed by atoms with Gasteiger partial charge in [-0.2, -0.15) is 0 Å². The summed E-state index contributed by atoms with van der Waals surface area (Å²) in [5.74, 6) is 1.99. The normalized spacial score (nSPS) is 12.7. The average Bonchev–Trinajstić information content (AvgIpc) is 3.04. The Morgan fingerprint density at radius 1 is 1.46 bits per heavy atom. The van der Waals surface area contributed by atoms with Crippen molar-refractivity contribution in [3.63, 3.8) is 0 Å². The van der Waals surface area contributed by atoms with Crippen molar-refractivity contribution in [2.45, 2.75) is 40.2 Å². The van der Waals surface area contributed by atoms with Crippen LogP contribution in [0.2, 0.25) is 5.02 Å². The molecule has 146 valence electrons. The molecule has 0 bridgehead atoms. The first-order valence-electron chi connectivity index (χ1n) is 8.56. The van der Waals surface area contributed by atoms with Crippen molar-refractivity contribution < 1.29 is 4.52 Å². The third kappa shape index (κ3) is 5.64. The number of guanidine groups is 1. The topological polar surface area (TPSA) is 58.6 Å². The predicted octanol–water partition coefficient (Wildman–Crippen LogP) is 4.10. The summed E-state index contributed by atoms with van der Waals surface area (Å²) in [5.41, 5.74) is 3.23. The molecule has 0 aromatic carbocycles. The maximum absolute atomic E-state index is 6.08. The molecule has 0 fully saturated rings. The van der Waals surface area contributed by atoms with Crippen LogP contribution < -0.4 is 5.32 Å². The summed E-state index contributed by atoms with van der Waals surface area (Å²) >= 11 is 6.08. The number of aliphatic imine (C=N–C) groups is 1. The van der Waals surface area contributed by atoms with Crippen LogP contribution in [0.3, 0.4) is 0 Å². The molecule has 0 aliphatic carbocycles. The van der Waals surface area contributed by atoms with Gasteiger partial charge >= 0.3 is 0 Å². The smallest absolute Gasteiger partial charge is 0.194 e. The van der Waals surface area contributed by atoms with Crippen molar-refractivity contribution in [1.82, 2.24) is 19.9 Å². The first-order chi connectivity index (χ1) is 11.8. The van der Waals surface area contributed by atoms with Gasteiger partial charge < -0.3 is 19.3 Å². The second kappa shape index (κ2) is 10.2. The van der Waals surface area contributed by atoms with Gasteiger partial charge in [0.25, 0.3) is 0 Å². The lowest BCUT2D eigenvalue weighted by molar-refractivity contribution is 0.391. The number of nitrogens with one attached hydrogen (secondary N) is 1. The van der Waals surface area contributed by atoms with Crippen LogP contribution in [0.4, 0.5) is 0 Å². The van der Waals surface area contributed by atoms with Crippen molar-refractivity contribution >= 4 is 41.5 Å². The molecule has 2 aromatic heterocycles. The average molecular weight is 494 g/mol. The van der Waals surface area contributed by atoms with Crippen LogP contribution >= 0.6 is 35.6 Å². The molecule has 0 saturated heterocycles. The van der Waals surface area contributed by atoms with Crippen LogP contribution in [-0.4, -0.2) is 40.7 Å². The maximum atomic E-state index is 6.08. The molecule has 1 atom stereocenters. The van der Waals surface area contributed by atoms with Gasteiger partial charge in [0, 0.05) is 50.6 Å². The predicted molar refractivity (Wildman–Crippen MR) is 118 cm³/mol. The minimum atomic E-state index is 0. The van der Waals surface area contributed by atoms with Crippen molar-refractivity contribution in [1.29, 1.82) is 0 Å². The summed E-state index contributed by atoms with van der Waals surface area (Å²) in [7, 11) is 4.03. The largest absolute Gasteiger partial charge is 0.361 e. The number of nitrogens with zero attached hydrogens (tertiary/aromatic N) is 4. The van der Waals surface area contributed by atoms with Crippen LogP contribution in [0.1, 0.15) is 42.5 Å². The maximum Gasteiger partial charge on any atom is 0.194 e. The molecule has 6 nitrogen and oxygen atoms in total. The van der Waals surface area contributed by atoms with Gasteiger partial charge in [-0.05, 0) is 26.8 Å². The molecule has 0 spiro atoms. The Morgan fingerprint density at radius 2 is 2.15 bits per heavy atom. The van der Waals surface area contributed by atoms with E-state index in [1.807, 2.05) is 44.8 Å². The molecule has 0 radical (unpaired) electrons. The van der Waals surface area contributed by atoms with Gasteiger partial charge in [0.15, 0.2) is 5.96 Å². The summed E-state index contributed by atoms with van der Waals surface area (Å²) < 4.78 is 7.31. The van der Waals surface area contributed by atoms with Crippen LogP contribution in [0.5, 0.6) is 0 Å². The third-order valence-corrected chi connectivity index (χ3v) is 4.47. The Hall–Kier alpha value is -1.22. The summed E-state index contributed by atoms with van der Waals surface area (Å²) in [4.78, 5) is 6.91. The van der Waals surface area contributed by atoms with Gasteiger partial charge in [0.2, 0.25) is 0 Å². The highest BCUT2D eigenvalue weighted by Gasteiger charge is 2.17. The Kier molecular flexibility index (Phi) is 8.95. The minimum absolute atomic E-state index is 0. The highest BCUT2D eigenvalue weighted by atomic mass is 127. The van der Waals surface area contributed by atoms with E-state index in [9.17, 15) is 0 Å². The minimum Gasteiger partial charge on any atom is -0.361 e. The van der Waals surface area contributed by atoms with E-state index in [4.69, 9.17) is 21.1 Å². The van der Waals surface area contributed by atoms with Gasteiger partial charge in [-0.3, -0.25) is 4.99 Å². The van der Waals surface area contributed by atoms with Gasteiger partial charge in [-0.15, -0.1) is 24.0 Å². The van der Waals surface area contributed by atoms with E-state index in [1.165, 1.54) is 0 Å². The standard InChI is InChI=1S/C18H28ClN5O.HI/c1-7-20-18(24(6)11-16-8-15(19)10-23(16)5)21-9-12(2)17-13(3)22-25-14(17)4;/h8,10,12H,7,9,11H2,1-6H3,(H,20,21);1H. The molecule has 2 aromatic rings. The molecule has 0 amide bonds. The van der Waals surface area contributed by atoms with E-state index in [0.29, 0.717) is 6.54 Å². The lowest BCUT2D eigenvalue weighted by Crippen LogP contribution is -2.39. The quantitative estimate of drug-likeness (QED) is 0.374. The first kappa shape index (κ1) is 22.8. The van der Waals surface area contributed by atoms with Gasteiger partial charge in [0.1, 0.15) is 5.76 Å². The monoisotopic (exact) mass is 493 g/mol. The van der Waals surface area contributed by atoms with Crippen LogP contribution in [-0.2, 0) is 13.6 Å². The Balaban J connectivity index is 0.00000338. The second-order valence-corrected chi connectivity index (χ2v) is 6.89. The lowest BCUT2D eigenvalue weighted by Gasteiger charge is -2.23. The fourth-order valence-electron chi connectivity index (χ4n) is 3.02. The zero-order valence-electron chi connectivity index (χ0n) is 16.3. The SMILES string of the molecule is CCNC(=NCC(C)c1c(C)noc1C)N(C)Cc1cc(Cl)cn1C.I. The number of halogens is 2. The molecular formula is C18H29ClIN5O. The van der Waals surface area contributed by atoms with E-state index >= 15 is 0 Å². The van der Waals surface area contributed by atoms with Crippen molar-refractivity contribution in [2.75, 3.05) is 20.1 Å². The molecule has 1 N–H and O–H groups in total. The molecule has 0 aliphatic rings. The van der Waals surface area contributed by atoms with Gasteiger partial charge in [-0.1, -0.05) is 23.7 Å². The number of rotatable bonds is 6. The molecule has 2 heterocycles. The number of aryl methyl sites for hydroxylation is 3. The van der Waals surface area contributed by atoms with Crippen LogP contribution in [0.25, 0.3) is 0 Å². The van der Waals surface area contributed by atoms with E-state index in [-0.39, 0.29) is 29.9 Å². The lowest BCUT2D eigenvalue weighted by atomic mass is 10.00. The van der Waals surface area contributed by atoms with Crippen molar-refractivity contribution in [2.24, 2.45) is 12.0 Å². The molecule has 0 aliphatic heterocycles. The Bertz CT molecular complexity index is 721. The number of hydrogen-bond acceptors (Lipinski definition) is 3. The summed E-state index contributed by atoms with van der Waals surface area (Å²) in [6.45, 7) is 10.4. The van der Waals surface area contributed by atoms with E-state index in [1.54, 1.807) is 0 Å². The zero-order valence-corrected chi connectivity index (χ0v) is 19.4. The van der Waals surface area contributed by atoms with E-state index in [0.717, 1.165) is 46.8 Å². The number of aromatic nitrogens is 2. The van der Waals surface area contributed by atoms with Crippen LogP contribution in [0.15, 0.2) is 21.8 Å².